The van der Waals surface area contributed by atoms with Crippen molar-refractivity contribution < 1.29 is 14.3 Å². The van der Waals surface area contributed by atoms with Crippen molar-refractivity contribution in [2.75, 3.05) is 11.9 Å². The van der Waals surface area contributed by atoms with E-state index in [4.69, 9.17) is 4.74 Å². The van der Waals surface area contributed by atoms with Crippen LogP contribution in [-0.2, 0) is 20.9 Å². The van der Waals surface area contributed by atoms with Crippen molar-refractivity contribution in [3.63, 3.8) is 0 Å². The third-order valence-corrected chi connectivity index (χ3v) is 3.81. The molecule has 3 aromatic rings. The minimum atomic E-state index is -0.691. The van der Waals surface area contributed by atoms with Gasteiger partial charge in [-0.15, -0.1) is 0 Å². The van der Waals surface area contributed by atoms with Gasteiger partial charge in [0.25, 0.3) is 11.5 Å². The van der Waals surface area contributed by atoms with E-state index < -0.39 is 18.5 Å². The summed E-state index contributed by atoms with van der Waals surface area (Å²) in [5.74, 6) is -1.14. The Morgan fingerprint density at radius 1 is 1.12 bits per heavy atom. The molecule has 1 aromatic heterocycles. The van der Waals surface area contributed by atoms with Gasteiger partial charge in [-0.3, -0.25) is 19.0 Å². The third kappa shape index (κ3) is 3.94. The lowest BCUT2D eigenvalue weighted by molar-refractivity contribution is -0.147. The van der Waals surface area contributed by atoms with Gasteiger partial charge in [-0.2, -0.15) is 0 Å². The van der Waals surface area contributed by atoms with E-state index in [0.717, 1.165) is 10.1 Å². The van der Waals surface area contributed by atoms with Crippen LogP contribution in [0.3, 0.4) is 0 Å². The Morgan fingerprint density at radius 3 is 2.65 bits per heavy atom. The predicted octanol–water partition coefficient (Wildman–Crippen LogP) is 1.89. The summed E-state index contributed by atoms with van der Waals surface area (Å²) in [5, 5.41) is 3.08. The normalized spacial score (nSPS) is 10.5. The number of aromatic nitrogens is 2. The number of fused-ring (bicyclic) bond motifs is 1. The van der Waals surface area contributed by atoms with Crippen LogP contribution in [0.15, 0.2) is 59.7 Å². The van der Waals surface area contributed by atoms with Crippen molar-refractivity contribution in [1.29, 1.82) is 0 Å². The number of ether oxygens (including phenoxy) is 1. The summed E-state index contributed by atoms with van der Waals surface area (Å²) in [4.78, 5) is 40.3. The number of anilines is 1. The van der Waals surface area contributed by atoms with Crippen LogP contribution in [0.2, 0.25) is 0 Å². The molecule has 1 amide bonds. The first-order valence-electron chi connectivity index (χ1n) is 8.00. The highest BCUT2D eigenvalue weighted by atomic mass is 16.5. The molecule has 1 heterocycles. The molecule has 2 aromatic carbocycles. The van der Waals surface area contributed by atoms with Gasteiger partial charge in [0, 0.05) is 5.69 Å². The molecular formula is C19H17N3O4. The molecule has 0 bridgehead atoms. The number of carbonyl (C=O) groups is 2. The lowest BCUT2D eigenvalue weighted by Crippen LogP contribution is -2.28. The molecule has 0 fully saturated rings. The largest absolute Gasteiger partial charge is 0.454 e. The first-order chi connectivity index (χ1) is 12.5. The van der Waals surface area contributed by atoms with Crippen LogP contribution in [0.5, 0.6) is 0 Å². The van der Waals surface area contributed by atoms with Crippen LogP contribution in [0.25, 0.3) is 10.9 Å². The Labute approximate surface area is 149 Å². The monoisotopic (exact) mass is 351 g/mol. The van der Waals surface area contributed by atoms with Crippen molar-refractivity contribution in [2.45, 2.75) is 13.5 Å². The Bertz CT molecular complexity index is 1030. The molecule has 0 aliphatic heterocycles. The van der Waals surface area contributed by atoms with Crippen molar-refractivity contribution in [3.8, 4) is 0 Å². The average Bonchev–Trinajstić information content (AvgIpc) is 2.64. The second-order valence-electron chi connectivity index (χ2n) is 5.72. The number of rotatable bonds is 5. The van der Waals surface area contributed by atoms with E-state index >= 15 is 0 Å². The van der Waals surface area contributed by atoms with E-state index in [2.05, 4.69) is 10.3 Å². The fourth-order valence-electron chi connectivity index (χ4n) is 2.45. The number of nitrogens with one attached hydrogen (secondary N) is 1. The highest BCUT2D eigenvalue weighted by Crippen LogP contribution is 2.12. The number of esters is 1. The molecule has 0 spiro atoms. The first kappa shape index (κ1) is 17.3. The van der Waals surface area contributed by atoms with Gasteiger partial charge >= 0.3 is 5.97 Å². The second kappa shape index (κ2) is 7.60. The first-order valence-corrected chi connectivity index (χ1v) is 8.00. The lowest BCUT2D eigenvalue weighted by atomic mass is 10.2. The quantitative estimate of drug-likeness (QED) is 0.709. The standard InChI is InChI=1S/C19H17N3O4/c1-13-6-2-4-8-15(13)21-17(23)11-26-18(24)10-22-12-20-16-9-5-3-7-14(16)19(22)25/h2-9,12H,10-11H2,1H3,(H,21,23). The second-order valence-corrected chi connectivity index (χ2v) is 5.72. The maximum Gasteiger partial charge on any atom is 0.326 e. The molecule has 0 aliphatic carbocycles. The van der Waals surface area contributed by atoms with Gasteiger partial charge in [-0.1, -0.05) is 30.3 Å². The summed E-state index contributed by atoms with van der Waals surface area (Å²) in [6, 6.07) is 14.1. The lowest BCUT2D eigenvalue weighted by Gasteiger charge is -2.09. The van der Waals surface area contributed by atoms with E-state index in [1.807, 2.05) is 19.1 Å². The maximum atomic E-state index is 12.3. The zero-order chi connectivity index (χ0) is 18.5. The Morgan fingerprint density at radius 2 is 1.85 bits per heavy atom. The SMILES string of the molecule is Cc1ccccc1NC(=O)COC(=O)Cn1cnc2ccccc2c1=O. The van der Waals surface area contributed by atoms with E-state index in [9.17, 15) is 14.4 Å². The number of hydrogen-bond acceptors (Lipinski definition) is 5. The van der Waals surface area contributed by atoms with Crippen molar-refractivity contribution in [3.05, 3.63) is 70.8 Å². The number of benzene rings is 2. The molecule has 7 nitrogen and oxygen atoms in total. The summed E-state index contributed by atoms with van der Waals surface area (Å²) in [7, 11) is 0. The minimum Gasteiger partial charge on any atom is -0.454 e. The van der Waals surface area contributed by atoms with E-state index in [1.54, 1.807) is 36.4 Å². The molecule has 0 radical (unpaired) electrons. The fraction of sp³-hybridized carbons (Fsp3) is 0.158. The summed E-state index contributed by atoms with van der Waals surface area (Å²) in [6.45, 7) is 1.12. The zero-order valence-corrected chi connectivity index (χ0v) is 14.1. The van der Waals surface area contributed by atoms with Gasteiger partial charge in [0.1, 0.15) is 6.54 Å². The summed E-state index contributed by atoms with van der Waals surface area (Å²) in [6.07, 6.45) is 1.29. The Hall–Kier alpha value is -3.48. The topological polar surface area (TPSA) is 90.3 Å². The summed E-state index contributed by atoms with van der Waals surface area (Å²) < 4.78 is 6.11. The zero-order valence-electron chi connectivity index (χ0n) is 14.1. The van der Waals surface area contributed by atoms with E-state index in [-0.39, 0.29) is 12.1 Å². The molecule has 3 rings (SSSR count). The van der Waals surface area contributed by atoms with Gasteiger partial charge < -0.3 is 10.1 Å². The fourth-order valence-corrected chi connectivity index (χ4v) is 2.45. The van der Waals surface area contributed by atoms with Crippen molar-refractivity contribution in [1.82, 2.24) is 9.55 Å². The number of carbonyl (C=O) groups excluding carboxylic acids is 2. The summed E-state index contributed by atoms with van der Waals surface area (Å²) >= 11 is 0. The van der Waals surface area contributed by atoms with Gasteiger partial charge in [0.2, 0.25) is 0 Å². The number of aryl methyl sites for hydroxylation is 1. The minimum absolute atomic E-state index is 0.311. The molecule has 0 saturated heterocycles. The van der Waals surface area contributed by atoms with Crippen LogP contribution in [-0.4, -0.2) is 28.0 Å². The molecule has 0 saturated carbocycles. The smallest absolute Gasteiger partial charge is 0.326 e. The highest BCUT2D eigenvalue weighted by Gasteiger charge is 2.11. The van der Waals surface area contributed by atoms with Crippen LogP contribution in [0.1, 0.15) is 5.56 Å². The van der Waals surface area contributed by atoms with Gasteiger partial charge in [0.15, 0.2) is 6.61 Å². The van der Waals surface area contributed by atoms with E-state index in [1.165, 1.54) is 6.33 Å². The van der Waals surface area contributed by atoms with Crippen LogP contribution < -0.4 is 10.9 Å². The highest BCUT2D eigenvalue weighted by molar-refractivity contribution is 5.93. The number of hydrogen-bond donors (Lipinski definition) is 1. The third-order valence-electron chi connectivity index (χ3n) is 3.81. The van der Waals surface area contributed by atoms with Gasteiger partial charge in [0.05, 0.1) is 17.2 Å². The average molecular weight is 351 g/mol. The van der Waals surface area contributed by atoms with Gasteiger partial charge in [-0.05, 0) is 30.7 Å². The van der Waals surface area contributed by atoms with Crippen molar-refractivity contribution >= 4 is 28.5 Å². The van der Waals surface area contributed by atoms with Crippen LogP contribution in [0.4, 0.5) is 5.69 Å². The molecule has 0 aliphatic rings. The Balaban J connectivity index is 1.59. The summed E-state index contributed by atoms with van der Waals surface area (Å²) in [5.41, 5.74) is 1.78. The number of para-hydroxylation sites is 2. The predicted molar refractivity (Wildman–Crippen MR) is 96.8 cm³/mol. The maximum absolute atomic E-state index is 12.3. The van der Waals surface area contributed by atoms with Crippen LogP contribution >= 0.6 is 0 Å². The molecule has 7 heteroatoms. The molecule has 0 unspecified atom stereocenters. The molecular weight excluding hydrogens is 334 g/mol. The molecule has 132 valence electrons. The Kier molecular flexibility index (Phi) is 5.07. The molecule has 26 heavy (non-hydrogen) atoms. The number of amides is 1. The molecule has 0 atom stereocenters. The molecule has 1 N–H and O–H groups in total. The van der Waals surface area contributed by atoms with Crippen LogP contribution in [0, 0.1) is 6.92 Å². The van der Waals surface area contributed by atoms with Gasteiger partial charge in [-0.25, -0.2) is 4.98 Å². The number of nitrogens with zero attached hydrogens (tertiary/aromatic N) is 2. The van der Waals surface area contributed by atoms with Crippen molar-refractivity contribution in [2.24, 2.45) is 0 Å². The van der Waals surface area contributed by atoms with E-state index in [0.29, 0.717) is 16.6 Å².